The molecule has 0 radical (unpaired) electrons. The molecule has 0 spiro atoms. The van der Waals surface area contributed by atoms with Crippen molar-refractivity contribution in [3.63, 3.8) is 0 Å². The van der Waals surface area contributed by atoms with Crippen molar-refractivity contribution < 1.29 is 9.57 Å². The number of ether oxygens (including phenoxy) is 1. The van der Waals surface area contributed by atoms with Gasteiger partial charge in [0.15, 0.2) is 0 Å². The van der Waals surface area contributed by atoms with E-state index in [1.807, 2.05) is 6.92 Å². The van der Waals surface area contributed by atoms with Crippen molar-refractivity contribution in [3.8, 4) is 0 Å². The summed E-state index contributed by atoms with van der Waals surface area (Å²) in [6, 6.07) is 0. The normalized spacial score (nSPS) is 27.5. The van der Waals surface area contributed by atoms with E-state index in [4.69, 9.17) is 9.57 Å². The Morgan fingerprint density at radius 2 is 2.42 bits per heavy atom. The van der Waals surface area contributed by atoms with Gasteiger partial charge in [-0.2, -0.15) is 0 Å². The minimum atomic E-state index is 0.359. The Bertz CT molecular complexity index is 157. The molecule has 0 amide bonds. The Kier molecular flexibility index (Phi) is 4.08. The largest absolute Gasteiger partial charge is 0.396 e. The lowest BCUT2D eigenvalue weighted by Gasteiger charge is -2.21. The molecule has 70 valence electrons. The van der Waals surface area contributed by atoms with Crippen molar-refractivity contribution in [2.24, 2.45) is 5.16 Å². The van der Waals surface area contributed by atoms with Crippen LogP contribution in [-0.2, 0) is 9.57 Å². The Labute approximate surface area is 73.7 Å². The lowest BCUT2D eigenvalue weighted by molar-refractivity contribution is 0.0906. The van der Waals surface area contributed by atoms with E-state index in [0.717, 1.165) is 25.0 Å². The molecule has 0 bridgehead atoms. The number of hydrogen-bond acceptors (Lipinski definition) is 3. The predicted molar refractivity (Wildman–Crippen MR) is 48.3 cm³/mol. The lowest BCUT2D eigenvalue weighted by Crippen LogP contribution is -2.21. The zero-order valence-corrected chi connectivity index (χ0v) is 7.88. The van der Waals surface area contributed by atoms with E-state index in [1.165, 1.54) is 6.42 Å². The monoisotopic (exact) mass is 171 g/mol. The number of methoxy groups -OCH3 is 1. The molecular formula is C9H17NO2. The third-order valence-corrected chi connectivity index (χ3v) is 2.11. The quantitative estimate of drug-likeness (QED) is 0.608. The van der Waals surface area contributed by atoms with Crippen molar-refractivity contribution in [3.05, 3.63) is 0 Å². The molecule has 0 heterocycles. The van der Waals surface area contributed by atoms with Gasteiger partial charge in [0.2, 0.25) is 0 Å². The Hall–Kier alpha value is -0.570. The van der Waals surface area contributed by atoms with Crippen molar-refractivity contribution in [2.75, 3.05) is 13.7 Å². The summed E-state index contributed by atoms with van der Waals surface area (Å²) in [4.78, 5) is 5.00. The van der Waals surface area contributed by atoms with Crippen LogP contribution in [-0.4, -0.2) is 25.5 Å². The van der Waals surface area contributed by atoms with Crippen LogP contribution in [0.25, 0.3) is 0 Å². The highest BCUT2D eigenvalue weighted by molar-refractivity contribution is 5.85. The fraction of sp³-hybridized carbons (Fsp3) is 0.889. The van der Waals surface area contributed by atoms with Crippen LogP contribution >= 0.6 is 0 Å². The van der Waals surface area contributed by atoms with Crippen LogP contribution in [0.4, 0.5) is 0 Å². The topological polar surface area (TPSA) is 30.8 Å². The third kappa shape index (κ3) is 2.81. The summed E-state index contributed by atoms with van der Waals surface area (Å²) in [7, 11) is 1.76. The van der Waals surface area contributed by atoms with Crippen LogP contribution in [0.1, 0.15) is 32.6 Å². The predicted octanol–water partition coefficient (Wildman–Crippen LogP) is 1.97. The Morgan fingerprint density at radius 3 is 3.08 bits per heavy atom. The van der Waals surface area contributed by atoms with Crippen molar-refractivity contribution in [1.82, 2.24) is 0 Å². The summed E-state index contributed by atoms with van der Waals surface area (Å²) in [5.41, 5.74) is 1.15. The maximum Gasteiger partial charge on any atom is 0.114 e. The molecule has 0 aromatic carbocycles. The minimum Gasteiger partial charge on any atom is -0.396 e. The van der Waals surface area contributed by atoms with Crippen molar-refractivity contribution in [1.29, 1.82) is 0 Å². The first-order chi connectivity index (χ1) is 5.86. The fourth-order valence-corrected chi connectivity index (χ4v) is 1.44. The highest BCUT2D eigenvalue weighted by atomic mass is 16.6. The molecule has 12 heavy (non-hydrogen) atoms. The van der Waals surface area contributed by atoms with E-state index in [1.54, 1.807) is 7.11 Å². The molecule has 1 fully saturated rings. The smallest absolute Gasteiger partial charge is 0.114 e. The highest BCUT2D eigenvalue weighted by Crippen LogP contribution is 2.18. The maximum atomic E-state index is 5.26. The van der Waals surface area contributed by atoms with E-state index in [0.29, 0.717) is 12.7 Å². The number of rotatable bonds is 3. The van der Waals surface area contributed by atoms with Gasteiger partial charge in [0.1, 0.15) is 6.61 Å². The van der Waals surface area contributed by atoms with E-state index >= 15 is 0 Å². The first-order valence-corrected chi connectivity index (χ1v) is 4.57. The average Bonchev–Trinajstić information content (AvgIpc) is 2.15. The number of oxime groups is 1. The van der Waals surface area contributed by atoms with Gasteiger partial charge < -0.3 is 9.57 Å². The van der Waals surface area contributed by atoms with Gasteiger partial charge in [0.05, 0.1) is 11.8 Å². The molecule has 0 aromatic rings. The molecule has 0 saturated heterocycles. The lowest BCUT2D eigenvalue weighted by atomic mass is 9.96. The van der Waals surface area contributed by atoms with Gasteiger partial charge in [-0.05, 0) is 26.2 Å². The summed E-state index contributed by atoms with van der Waals surface area (Å²) >= 11 is 0. The molecule has 0 aliphatic heterocycles. The Balaban J connectivity index is 2.34. The minimum absolute atomic E-state index is 0.359. The van der Waals surface area contributed by atoms with E-state index in [2.05, 4.69) is 5.16 Å². The van der Waals surface area contributed by atoms with Gasteiger partial charge in [-0.15, -0.1) is 0 Å². The number of nitrogens with zero attached hydrogens (tertiary/aromatic N) is 1. The molecule has 1 aliphatic carbocycles. The molecule has 1 saturated carbocycles. The molecule has 0 N–H and O–H groups in total. The summed E-state index contributed by atoms with van der Waals surface area (Å²) in [5.74, 6) is 0. The van der Waals surface area contributed by atoms with E-state index < -0.39 is 0 Å². The molecule has 1 unspecified atom stereocenters. The summed E-state index contributed by atoms with van der Waals surface area (Å²) in [6.45, 7) is 2.60. The Morgan fingerprint density at radius 1 is 1.58 bits per heavy atom. The first-order valence-electron chi connectivity index (χ1n) is 4.57. The van der Waals surface area contributed by atoms with Crippen LogP contribution < -0.4 is 0 Å². The van der Waals surface area contributed by atoms with Crippen LogP contribution in [0, 0.1) is 0 Å². The molecule has 1 rings (SSSR count). The molecule has 1 aliphatic rings. The van der Waals surface area contributed by atoms with Gasteiger partial charge >= 0.3 is 0 Å². The fourth-order valence-electron chi connectivity index (χ4n) is 1.44. The standard InChI is InChI=1S/C9H17NO2/c1-3-12-10-8-5-4-6-9(7-8)11-2/h9H,3-7H2,1-2H3/b10-8-. The van der Waals surface area contributed by atoms with Crippen molar-refractivity contribution >= 4 is 5.71 Å². The highest BCUT2D eigenvalue weighted by Gasteiger charge is 2.17. The summed E-state index contributed by atoms with van der Waals surface area (Å²) < 4.78 is 5.26. The van der Waals surface area contributed by atoms with Gasteiger partial charge in [-0.3, -0.25) is 0 Å². The van der Waals surface area contributed by atoms with Crippen LogP contribution in [0.15, 0.2) is 5.16 Å². The van der Waals surface area contributed by atoms with Gasteiger partial charge in [0, 0.05) is 13.5 Å². The van der Waals surface area contributed by atoms with Gasteiger partial charge in [0.25, 0.3) is 0 Å². The molecule has 3 nitrogen and oxygen atoms in total. The first kappa shape index (κ1) is 9.52. The van der Waals surface area contributed by atoms with Crippen LogP contribution in [0.2, 0.25) is 0 Å². The van der Waals surface area contributed by atoms with Crippen LogP contribution in [0.3, 0.4) is 0 Å². The van der Waals surface area contributed by atoms with Crippen LogP contribution in [0.5, 0.6) is 0 Å². The second-order valence-electron chi connectivity index (χ2n) is 3.03. The molecule has 3 heteroatoms. The zero-order valence-electron chi connectivity index (χ0n) is 7.88. The average molecular weight is 171 g/mol. The van der Waals surface area contributed by atoms with Gasteiger partial charge in [-0.25, -0.2) is 0 Å². The van der Waals surface area contributed by atoms with E-state index in [9.17, 15) is 0 Å². The summed E-state index contributed by atoms with van der Waals surface area (Å²) in [5, 5.41) is 4.04. The van der Waals surface area contributed by atoms with E-state index in [-0.39, 0.29) is 0 Å². The molecular weight excluding hydrogens is 154 g/mol. The third-order valence-electron chi connectivity index (χ3n) is 2.11. The molecule has 1 atom stereocenters. The second-order valence-corrected chi connectivity index (χ2v) is 3.03. The maximum absolute atomic E-state index is 5.26. The SMILES string of the molecule is CCO/N=C1/CCCC(OC)C1. The number of hydrogen-bond donors (Lipinski definition) is 0. The second kappa shape index (κ2) is 5.14. The zero-order chi connectivity index (χ0) is 8.81. The summed E-state index contributed by atoms with van der Waals surface area (Å²) in [6.07, 6.45) is 4.69. The van der Waals surface area contributed by atoms with Gasteiger partial charge in [-0.1, -0.05) is 5.16 Å². The molecule has 0 aromatic heterocycles. The van der Waals surface area contributed by atoms with Crippen molar-refractivity contribution in [2.45, 2.75) is 38.7 Å².